The highest BCUT2D eigenvalue weighted by molar-refractivity contribution is 7.15. The summed E-state index contributed by atoms with van der Waals surface area (Å²) in [6, 6.07) is 7.98. The van der Waals surface area contributed by atoms with E-state index in [1.165, 1.54) is 27.3 Å². The third kappa shape index (κ3) is 4.66. The van der Waals surface area contributed by atoms with Gasteiger partial charge in [0.05, 0.1) is 11.7 Å². The molecule has 1 atom stereocenters. The Labute approximate surface area is 152 Å². The Morgan fingerprint density at radius 2 is 2.00 bits per heavy atom. The number of ether oxygens (including phenoxy) is 1. The molecule has 2 heterocycles. The predicted octanol–water partition coefficient (Wildman–Crippen LogP) is 3.04. The second kappa shape index (κ2) is 8.08. The van der Waals surface area contributed by atoms with Gasteiger partial charge in [0, 0.05) is 24.5 Å². The largest absolute Gasteiger partial charge is 0.381 e. The Kier molecular flexibility index (Phi) is 5.83. The number of hydrogen-bond donors (Lipinski definition) is 2. The van der Waals surface area contributed by atoms with Crippen molar-refractivity contribution in [3.63, 3.8) is 0 Å². The number of carbonyl (C=O) groups excluding carboxylic acids is 1. The van der Waals surface area contributed by atoms with Gasteiger partial charge in [-0.1, -0.05) is 29.8 Å². The molecule has 1 aromatic carbocycles. The molecule has 6 heteroatoms. The average Bonchev–Trinajstić information content (AvgIpc) is 2.96. The number of anilines is 1. The van der Waals surface area contributed by atoms with Crippen LogP contribution in [0.3, 0.4) is 0 Å². The Morgan fingerprint density at radius 3 is 2.68 bits per heavy atom. The number of hydrogen-bond acceptors (Lipinski definition) is 5. The first-order valence-electron chi connectivity index (χ1n) is 8.69. The number of carbonyl (C=O) groups is 1. The molecule has 3 rings (SSSR count). The molecule has 134 valence electrons. The summed E-state index contributed by atoms with van der Waals surface area (Å²) in [6.45, 7) is 5.43. The fourth-order valence-corrected chi connectivity index (χ4v) is 4.01. The number of aromatic nitrogens is 1. The minimum atomic E-state index is -0.506. The zero-order valence-corrected chi connectivity index (χ0v) is 15.6. The molecule has 1 saturated heterocycles. The van der Waals surface area contributed by atoms with Crippen LogP contribution >= 0.6 is 11.3 Å². The third-order valence-corrected chi connectivity index (χ3v) is 5.76. The maximum absolute atomic E-state index is 12.4. The lowest BCUT2D eigenvalue weighted by molar-refractivity contribution is -0.119. The highest BCUT2D eigenvalue weighted by atomic mass is 32.1. The van der Waals surface area contributed by atoms with Gasteiger partial charge < -0.3 is 15.8 Å². The van der Waals surface area contributed by atoms with Gasteiger partial charge in [-0.15, -0.1) is 11.3 Å². The highest BCUT2D eigenvalue weighted by Crippen LogP contribution is 2.26. The van der Waals surface area contributed by atoms with E-state index in [4.69, 9.17) is 10.5 Å². The van der Waals surface area contributed by atoms with E-state index >= 15 is 0 Å². The van der Waals surface area contributed by atoms with E-state index in [9.17, 15) is 4.79 Å². The minimum Gasteiger partial charge on any atom is -0.381 e. The molecule has 1 aliphatic rings. The first-order chi connectivity index (χ1) is 12.0. The van der Waals surface area contributed by atoms with Crippen molar-refractivity contribution >= 4 is 22.4 Å². The van der Waals surface area contributed by atoms with Crippen molar-refractivity contribution in [2.24, 2.45) is 11.7 Å². The maximum Gasteiger partial charge on any atom is 0.243 e. The van der Waals surface area contributed by atoms with Crippen LogP contribution in [0, 0.1) is 19.8 Å². The van der Waals surface area contributed by atoms with E-state index in [0.29, 0.717) is 18.3 Å². The minimum absolute atomic E-state index is 0.150. The highest BCUT2D eigenvalue weighted by Gasteiger charge is 2.27. The van der Waals surface area contributed by atoms with Crippen molar-refractivity contribution < 1.29 is 9.53 Å². The summed E-state index contributed by atoms with van der Waals surface area (Å²) in [4.78, 5) is 18.1. The van der Waals surface area contributed by atoms with E-state index in [0.717, 1.165) is 25.0 Å². The molecule has 0 saturated carbocycles. The molecule has 1 aromatic heterocycles. The molecular formula is C19H25N3O2S. The van der Waals surface area contributed by atoms with Crippen LogP contribution in [0.2, 0.25) is 0 Å². The zero-order chi connectivity index (χ0) is 17.8. The van der Waals surface area contributed by atoms with Gasteiger partial charge in [0.2, 0.25) is 5.91 Å². The number of nitrogens with zero attached hydrogens (tertiary/aromatic N) is 1. The molecule has 5 nitrogen and oxygen atoms in total. The number of rotatable bonds is 5. The van der Waals surface area contributed by atoms with Crippen molar-refractivity contribution in [2.45, 2.75) is 39.2 Å². The van der Waals surface area contributed by atoms with Crippen LogP contribution < -0.4 is 11.1 Å². The number of amides is 1. The van der Waals surface area contributed by atoms with Crippen LogP contribution in [0.4, 0.5) is 5.13 Å². The van der Waals surface area contributed by atoms with Crippen molar-refractivity contribution in [1.29, 1.82) is 0 Å². The van der Waals surface area contributed by atoms with Crippen LogP contribution in [0.1, 0.15) is 34.5 Å². The number of benzene rings is 1. The molecule has 0 aliphatic carbocycles. The third-order valence-electron chi connectivity index (χ3n) is 4.68. The molecule has 2 aromatic rings. The summed E-state index contributed by atoms with van der Waals surface area (Å²) in [7, 11) is 0. The molecule has 0 bridgehead atoms. The Hall–Kier alpha value is -1.76. The smallest absolute Gasteiger partial charge is 0.243 e. The topological polar surface area (TPSA) is 77.2 Å². The van der Waals surface area contributed by atoms with Crippen LogP contribution in [0.15, 0.2) is 24.3 Å². The van der Waals surface area contributed by atoms with E-state index in [1.807, 2.05) is 6.92 Å². The second-order valence-electron chi connectivity index (χ2n) is 6.65. The molecule has 0 radical (unpaired) electrons. The first kappa shape index (κ1) is 18.0. The summed E-state index contributed by atoms with van der Waals surface area (Å²) in [6.07, 6.45) is 2.50. The standard InChI is InChI=1S/C19H25N3O2S/c1-12-3-5-14(6-4-12)11-16-13(2)21-19(25-16)22-18(23)17(20)15-7-9-24-10-8-15/h3-6,15,17H,7-11,20H2,1-2H3,(H,21,22,23). The average molecular weight is 359 g/mol. The van der Waals surface area contributed by atoms with E-state index in [1.54, 1.807) is 0 Å². The van der Waals surface area contributed by atoms with E-state index in [-0.39, 0.29) is 11.8 Å². The van der Waals surface area contributed by atoms with Gasteiger partial charge in [0.1, 0.15) is 0 Å². The van der Waals surface area contributed by atoms with Crippen LogP contribution in [0.5, 0.6) is 0 Å². The fourth-order valence-electron chi connectivity index (χ4n) is 3.01. The number of thiazole rings is 1. The Balaban J connectivity index is 1.63. The zero-order valence-electron chi connectivity index (χ0n) is 14.7. The van der Waals surface area contributed by atoms with Gasteiger partial charge in [-0.3, -0.25) is 4.79 Å². The van der Waals surface area contributed by atoms with Crippen LogP contribution in [-0.4, -0.2) is 30.1 Å². The molecule has 25 heavy (non-hydrogen) atoms. The molecular weight excluding hydrogens is 334 g/mol. The normalized spacial score (nSPS) is 16.6. The molecule has 1 unspecified atom stereocenters. The maximum atomic E-state index is 12.4. The lowest BCUT2D eigenvalue weighted by atomic mass is 9.92. The monoisotopic (exact) mass is 359 g/mol. The second-order valence-corrected chi connectivity index (χ2v) is 7.74. The predicted molar refractivity (Wildman–Crippen MR) is 101 cm³/mol. The SMILES string of the molecule is Cc1ccc(Cc2sc(NC(=O)C(N)C3CCOCC3)nc2C)cc1. The lowest BCUT2D eigenvalue weighted by Gasteiger charge is -2.26. The summed E-state index contributed by atoms with van der Waals surface area (Å²) in [5.74, 6) is 0.0318. The molecule has 1 aliphatic heterocycles. The molecule has 0 spiro atoms. The van der Waals surface area contributed by atoms with Crippen molar-refractivity contribution in [3.8, 4) is 0 Å². The van der Waals surface area contributed by atoms with Gasteiger partial charge in [0.15, 0.2) is 5.13 Å². The van der Waals surface area contributed by atoms with E-state index < -0.39 is 6.04 Å². The van der Waals surface area contributed by atoms with Crippen LogP contribution in [0.25, 0.3) is 0 Å². The lowest BCUT2D eigenvalue weighted by Crippen LogP contribution is -2.43. The quantitative estimate of drug-likeness (QED) is 0.860. The number of aryl methyl sites for hydroxylation is 2. The van der Waals surface area contributed by atoms with Crippen molar-refractivity contribution in [1.82, 2.24) is 4.98 Å². The summed E-state index contributed by atoms with van der Waals surface area (Å²) in [5, 5.41) is 3.53. The van der Waals surface area contributed by atoms with Crippen LogP contribution in [-0.2, 0) is 16.0 Å². The van der Waals surface area contributed by atoms with Gasteiger partial charge in [-0.2, -0.15) is 0 Å². The van der Waals surface area contributed by atoms with Crippen molar-refractivity contribution in [2.75, 3.05) is 18.5 Å². The van der Waals surface area contributed by atoms with Gasteiger partial charge >= 0.3 is 0 Å². The van der Waals surface area contributed by atoms with Gasteiger partial charge in [-0.05, 0) is 38.2 Å². The van der Waals surface area contributed by atoms with Crippen molar-refractivity contribution in [3.05, 3.63) is 46.0 Å². The van der Waals surface area contributed by atoms with Gasteiger partial charge in [-0.25, -0.2) is 4.98 Å². The summed E-state index contributed by atoms with van der Waals surface area (Å²) < 4.78 is 5.33. The number of nitrogens with two attached hydrogens (primary N) is 1. The Morgan fingerprint density at radius 1 is 1.32 bits per heavy atom. The first-order valence-corrected chi connectivity index (χ1v) is 9.50. The number of nitrogens with one attached hydrogen (secondary N) is 1. The summed E-state index contributed by atoms with van der Waals surface area (Å²) >= 11 is 1.53. The Bertz CT molecular complexity index is 721. The molecule has 3 N–H and O–H groups in total. The van der Waals surface area contributed by atoms with E-state index in [2.05, 4.69) is 41.5 Å². The molecule has 1 fully saturated rings. The summed E-state index contributed by atoms with van der Waals surface area (Å²) in [5.41, 5.74) is 9.58. The van der Waals surface area contributed by atoms with Gasteiger partial charge in [0.25, 0.3) is 0 Å². The molecule has 1 amide bonds. The fraction of sp³-hybridized carbons (Fsp3) is 0.474.